The van der Waals surface area contributed by atoms with Gasteiger partial charge in [-0.1, -0.05) is 0 Å². The van der Waals surface area contributed by atoms with Crippen molar-refractivity contribution in [2.75, 3.05) is 19.0 Å². The van der Waals surface area contributed by atoms with Gasteiger partial charge >= 0.3 is 0 Å². The second-order valence-electron chi connectivity index (χ2n) is 2.34. The van der Waals surface area contributed by atoms with E-state index in [1.807, 2.05) is 31.1 Å². The molecule has 0 aliphatic heterocycles. The maximum atomic E-state index is 4.19. The van der Waals surface area contributed by atoms with Crippen molar-refractivity contribution in [2.24, 2.45) is 0 Å². The number of rotatable bonds is 1. The lowest BCUT2D eigenvalue weighted by Gasteiger charge is -2.13. The van der Waals surface area contributed by atoms with Crippen LogP contribution in [-0.2, 0) is 0 Å². The van der Waals surface area contributed by atoms with Crippen molar-refractivity contribution in [2.45, 2.75) is 0 Å². The molecule has 0 fully saturated rings. The Morgan fingerprint density at radius 2 is 1.91 bits per heavy atom. The molecule has 0 atom stereocenters. The molecule has 1 aromatic heterocycles. The Morgan fingerprint density at radius 3 is 2.36 bits per heavy atom. The van der Waals surface area contributed by atoms with Gasteiger partial charge in [0, 0.05) is 14.1 Å². The maximum Gasteiger partial charge on any atom is 0.130 e. The number of aromatic nitrogens is 1. The Balaban J connectivity index is 3.09. The zero-order valence-corrected chi connectivity index (χ0v) is 9.48. The van der Waals surface area contributed by atoms with Gasteiger partial charge in [0.25, 0.3) is 0 Å². The van der Waals surface area contributed by atoms with E-state index in [0.29, 0.717) is 0 Å². The van der Waals surface area contributed by atoms with Crippen molar-refractivity contribution < 1.29 is 0 Å². The van der Waals surface area contributed by atoms with Crippen molar-refractivity contribution in [1.29, 1.82) is 0 Å². The van der Waals surface area contributed by atoms with E-state index in [-0.39, 0.29) is 0 Å². The minimum atomic E-state index is 0.843. The minimum absolute atomic E-state index is 0.843. The van der Waals surface area contributed by atoms with Crippen molar-refractivity contribution in [1.82, 2.24) is 4.98 Å². The molecule has 0 unspecified atom stereocenters. The molecule has 0 aliphatic carbocycles. The average molecular weight is 280 g/mol. The van der Waals surface area contributed by atoms with E-state index in [1.54, 1.807) is 0 Å². The molecule has 0 aromatic carbocycles. The summed E-state index contributed by atoms with van der Waals surface area (Å²) in [5.41, 5.74) is 1.08. The summed E-state index contributed by atoms with van der Waals surface area (Å²) in [4.78, 5) is 6.19. The van der Waals surface area contributed by atoms with Gasteiger partial charge in [0.1, 0.15) is 9.21 Å². The fourth-order valence-corrected chi connectivity index (χ4v) is 1.96. The van der Waals surface area contributed by atoms with Crippen molar-refractivity contribution in [3.63, 3.8) is 0 Å². The Kier molecular flexibility index (Phi) is 2.90. The highest BCUT2D eigenvalue weighted by Crippen LogP contribution is 2.23. The average Bonchev–Trinajstić information content (AvgIpc) is 1.85. The summed E-state index contributed by atoms with van der Waals surface area (Å²) in [6, 6.07) is 3.92. The highest BCUT2D eigenvalue weighted by atomic mass is 79.9. The molecule has 11 heavy (non-hydrogen) atoms. The molecule has 0 saturated carbocycles. The zero-order chi connectivity index (χ0) is 8.43. The molecule has 0 aliphatic rings. The first-order valence-corrected chi connectivity index (χ1v) is 4.69. The molecule has 0 spiro atoms. The summed E-state index contributed by atoms with van der Waals surface area (Å²) in [5, 5.41) is 0. The van der Waals surface area contributed by atoms with Gasteiger partial charge in [0.2, 0.25) is 0 Å². The molecule has 0 amide bonds. The molecular weight excluding hydrogens is 272 g/mol. The van der Waals surface area contributed by atoms with Crippen LogP contribution in [0.2, 0.25) is 0 Å². The van der Waals surface area contributed by atoms with Gasteiger partial charge < -0.3 is 4.90 Å². The van der Waals surface area contributed by atoms with Gasteiger partial charge in [-0.3, -0.25) is 0 Å². The molecule has 1 heterocycles. The first-order chi connectivity index (χ1) is 5.11. The van der Waals surface area contributed by atoms with Gasteiger partial charge in [-0.05, 0) is 44.0 Å². The number of anilines is 1. The second kappa shape index (κ2) is 3.54. The van der Waals surface area contributed by atoms with Gasteiger partial charge in [0.05, 0.1) is 5.69 Å². The Bertz CT molecular complexity index is 261. The number of hydrogen-bond acceptors (Lipinski definition) is 2. The van der Waals surface area contributed by atoms with Gasteiger partial charge in [-0.2, -0.15) is 0 Å². The smallest absolute Gasteiger partial charge is 0.130 e. The molecule has 0 radical (unpaired) electrons. The molecular formula is C7H8Br2N2. The first-order valence-electron chi connectivity index (χ1n) is 3.10. The van der Waals surface area contributed by atoms with Gasteiger partial charge in [-0.15, -0.1) is 0 Å². The second-order valence-corrected chi connectivity index (χ2v) is 3.90. The molecule has 2 nitrogen and oxygen atoms in total. The summed E-state index contributed by atoms with van der Waals surface area (Å²) in [5.74, 6) is 0. The number of halogens is 2. The third-order valence-corrected chi connectivity index (χ3v) is 2.30. The van der Waals surface area contributed by atoms with Crippen LogP contribution in [0.5, 0.6) is 0 Å². The fraction of sp³-hybridized carbons (Fsp3) is 0.286. The van der Waals surface area contributed by atoms with Gasteiger partial charge in [-0.25, -0.2) is 4.98 Å². The Morgan fingerprint density at radius 1 is 1.27 bits per heavy atom. The first kappa shape index (κ1) is 9.00. The molecule has 1 aromatic rings. The molecule has 1 rings (SSSR count). The van der Waals surface area contributed by atoms with Crippen LogP contribution < -0.4 is 4.90 Å². The highest BCUT2D eigenvalue weighted by molar-refractivity contribution is 9.11. The van der Waals surface area contributed by atoms with Crippen LogP contribution in [0.15, 0.2) is 21.3 Å². The lowest BCUT2D eigenvalue weighted by molar-refractivity contribution is 1.09. The summed E-state index contributed by atoms with van der Waals surface area (Å²) in [6.45, 7) is 0. The molecule has 0 saturated heterocycles. The van der Waals surface area contributed by atoms with E-state index in [9.17, 15) is 0 Å². The SMILES string of the molecule is CN(C)c1ccc(Br)nc1Br. The topological polar surface area (TPSA) is 16.1 Å². The monoisotopic (exact) mass is 278 g/mol. The molecule has 0 N–H and O–H groups in total. The van der Waals surface area contributed by atoms with Crippen molar-refractivity contribution in [3.05, 3.63) is 21.3 Å². The Hall–Kier alpha value is -0.0900. The van der Waals surface area contributed by atoms with E-state index in [0.717, 1.165) is 14.9 Å². The van der Waals surface area contributed by atoms with Gasteiger partial charge in [0.15, 0.2) is 0 Å². The van der Waals surface area contributed by atoms with Crippen molar-refractivity contribution >= 4 is 37.5 Å². The van der Waals surface area contributed by atoms with Crippen LogP contribution in [0.1, 0.15) is 0 Å². The molecule has 0 bridgehead atoms. The number of nitrogens with zero attached hydrogens (tertiary/aromatic N) is 2. The minimum Gasteiger partial charge on any atom is -0.375 e. The van der Waals surface area contributed by atoms with E-state index < -0.39 is 0 Å². The lowest BCUT2D eigenvalue weighted by atomic mass is 10.4. The van der Waals surface area contributed by atoms with E-state index in [2.05, 4.69) is 36.8 Å². The standard InChI is InChI=1S/C7H8Br2N2/c1-11(2)5-3-4-6(8)10-7(5)9/h3-4H,1-2H3. The van der Waals surface area contributed by atoms with E-state index in [1.165, 1.54) is 0 Å². The molecule has 4 heteroatoms. The van der Waals surface area contributed by atoms with E-state index >= 15 is 0 Å². The third kappa shape index (κ3) is 2.17. The Labute approximate surface area is 82.9 Å². The zero-order valence-electron chi connectivity index (χ0n) is 6.31. The number of pyridine rings is 1. The number of hydrogen-bond donors (Lipinski definition) is 0. The predicted molar refractivity (Wildman–Crippen MR) is 54.0 cm³/mol. The summed E-state index contributed by atoms with van der Waals surface area (Å²) in [7, 11) is 3.96. The quantitative estimate of drug-likeness (QED) is 0.735. The van der Waals surface area contributed by atoms with Crippen LogP contribution in [0.4, 0.5) is 5.69 Å². The van der Waals surface area contributed by atoms with Crippen LogP contribution >= 0.6 is 31.9 Å². The largest absolute Gasteiger partial charge is 0.375 e. The summed E-state index contributed by atoms with van der Waals surface area (Å²) in [6.07, 6.45) is 0. The van der Waals surface area contributed by atoms with Crippen molar-refractivity contribution in [3.8, 4) is 0 Å². The normalized spacial score (nSPS) is 9.82. The highest BCUT2D eigenvalue weighted by Gasteiger charge is 2.02. The molecule has 60 valence electrons. The van der Waals surface area contributed by atoms with Crippen LogP contribution in [0, 0.1) is 0 Å². The summed E-state index contributed by atoms with van der Waals surface area (Å²) >= 11 is 6.65. The maximum absolute atomic E-state index is 4.19. The van der Waals surface area contributed by atoms with Crippen LogP contribution in [0.25, 0.3) is 0 Å². The summed E-state index contributed by atoms with van der Waals surface area (Å²) < 4.78 is 1.70. The fourth-order valence-electron chi connectivity index (χ4n) is 0.738. The predicted octanol–water partition coefficient (Wildman–Crippen LogP) is 2.67. The van der Waals surface area contributed by atoms with Crippen LogP contribution in [0.3, 0.4) is 0 Å². The lowest BCUT2D eigenvalue weighted by Crippen LogP contribution is -2.09. The van der Waals surface area contributed by atoms with Crippen LogP contribution in [-0.4, -0.2) is 19.1 Å². The third-order valence-electron chi connectivity index (χ3n) is 1.28. The van der Waals surface area contributed by atoms with E-state index in [4.69, 9.17) is 0 Å².